The summed E-state index contributed by atoms with van der Waals surface area (Å²) in [5.74, 6) is 0.167. The summed E-state index contributed by atoms with van der Waals surface area (Å²) in [5.41, 5.74) is 3.76. The Morgan fingerprint density at radius 1 is 1.10 bits per heavy atom. The third kappa shape index (κ3) is 4.31. The summed E-state index contributed by atoms with van der Waals surface area (Å²) < 4.78 is 0. The van der Waals surface area contributed by atoms with Gasteiger partial charge in [0.2, 0.25) is 5.91 Å². The van der Waals surface area contributed by atoms with Crippen LogP contribution in [0.1, 0.15) is 30.0 Å². The lowest BCUT2D eigenvalue weighted by Gasteiger charge is -2.38. The van der Waals surface area contributed by atoms with Gasteiger partial charge >= 0.3 is 0 Å². The molecule has 1 aliphatic carbocycles. The fraction of sp³-hybridized carbons (Fsp3) is 0.435. The van der Waals surface area contributed by atoms with Crippen molar-refractivity contribution in [2.24, 2.45) is 0 Å². The number of aryl methyl sites for hydroxylation is 1. The zero-order chi connectivity index (χ0) is 21.1. The van der Waals surface area contributed by atoms with Gasteiger partial charge in [-0.25, -0.2) is 0 Å². The van der Waals surface area contributed by atoms with Crippen molar-refractivity contribution in [2.75, 3.05) is 44.7 Å². The van der Waals surface area contributed by atoms with E-state index in [2.05, 4.69) is 34.1 Å². The summed E-state index contributed by atoms with van der Waals surface area (Å²) in [7, 11) is 1.93. The molecule has 1 saturated heterocycles. The van der Waals surface area contributed by atoms with E-state index in [0.717, 1.165) is 51.1 Å². The number of rotatable bonds is 5. The van der Waals surface area contributed by atoms with Gasteiger partial charge in [0.05, 0.1) is 17.5 Å². The van der Waals surface area contributed by atoms with E-state index in [1.54, 1.807) is 24.3 Å². The van der Waals surface area contributed by atoms with Gasteiger partial charge in [-0.3, -0.25) is 19.8 Å². The van der Waals surface area contributed by atoms with E-state index >= 15 is 0 Å². The highest BCUT2D eigenvalue weighted by Gasteiger charge is 2.28. The van der Waals surface area contributed by atoms with Crippen molar-refractivity contribution in [1.82, 2.24) is 9.80 Å². The second-order valence-corrected chi connectivity index (χ2v) is 8.15. The molecule has 1 atom stereocenters. The molecule has 1 fully saturated rings. The Kier molecular flexibility index (Phi) is 5.99. The topological polar surface area (TPSA) is 69.9 Å². The van der Waals surface area contributed by atoms with Crippen molar-refractivity contribution in [2.45, 2.75) is 25.3 Å². The number of hydrogen-bond donors (Lipinski definition) is 0. The molecule has 7 heteroatoms. The van der Waals surface area contributed by atoms with Gasteiger partial charge in [0.1, 0.15) is 0 Å². The number of likely N-dealkylation sites (N-methyl/N-ethyl adjacent to an activating group) is 1. The fourth-order valence-electron chi connectivity index (χ4n) is 4.56. The molecule has 0 bridgehead atoms. The lowest BCUT2D eigenvalue weighted by atomic mass is 9.87. The van der Waals surface area contributed by atoms with Gasteiger partial charge in [-0.05, 0) is 42.5 Å². The summed E-state index contributed by atoms with van der Waals surface area (Å²) in [4.78, 5) is 29.8. The Hall–Kier alpha value is -2.93. The van der Waals surface area contributed by atoms with Gasteiger partial charge in [-0.1, -0.05) is 24.3 Å². The molecule has 1 heterocycles. The Bertz CT molecular complexity index is 907. The Morgan fingerprint density at radius 3 is 2.50 bits per heavy atom. The number of nitro benzene ring substituents is 1. The third-order valence-electron chi connectivity index (χ3n) is 6.36. The minimum atomic E-state index is -0.380. The van der Waals surface area contributed by atoms with E-state index in [1.165, 1.54) is 11.1 Å². The second-order valence-electron chi connectivity index (χ2n) is 8.15. The zero-order valence-electron chi connectivity index (χ0n) is 17.4. The van der Waals surface area contributed by atoms with Crippen molar-refractivity contribution in [3.8, 4) is 0 Å². The maximum atomic E-state index is 13.0. The number of non-ortho nitro benzene ring substituents is 1. The minimum absolute atomic E-state index is 0.107. The highest BCUT2D eigenvalue weighted by Crippen LogP contribution is 2.33. The summed E-state index contributed by atoms with van der Waals surface area (Å²) in [5, 5.41) is 10.8. The molecule has 4 rings (SSSR count). The zero-order valence-corrected chi connectivity index (χ0v) is 17.4. The van der Waals surface area contributed by atoms with Crippen molar-refractivity contribution in [3.63, 3.8) is 0 Å². The normalized spacial score (nSPS) is 19.2. The smallest absolute Gasteiger partial charge is 0.269 e. The predicted molar refractivity (Wildman–Crippen MR) is 117 cm³/mol. The molecule has 2 aliphatic rings. The highest BCUT2D eigenvalue weighted by molar-refractivity contribution is 5.78. The van der Waals surface area contributed by atoms with Gasteiger partial charge < -0.3 is 9.80 Å². The minimum Gasteiger partial charge on any atom is -0.369 e. The van der Waals surface area contributed by atoms with Crippen molar-refractivity contribution < 1.29 is 9.72 Å². The number of hydrogen-bond acceptors (Lipinski definition) is 5. The van der Waals surface area contributed by atoms with Crippen LogP contribution in [0.4, 0.5) is 11.4 Å². The average molecular weight is 409 g/mol. The first kappa shape index (κ1) is 20.3. The first-order valence-corrected chi connectivity index (χ1v) is 10.6. The van der Waals surface area contributed by atoms with Gasteiger partial charge in [-0.15, -0.1) is 0 Å². The number of fused-ring (bicyclic) bond motifs is 1. The van der Waals surface area contributed by atoms with E-state index < -0.39 is 0 Å². The second kappa shape index (κ2) is 8.83. The number of carbonyl (C=O) groups excluding carboxylic acids is 1. The molecule has 2 aromatic rings. The van der Waals surface area contributed by atoms with Crippen LogP contribution in [0, 0.1) is 10.1 Å². The third-order valence-corrected chi connectivity index (χ3v) is 6.36. The highest BCUT2D eigenvalue weighted by atomic mass is 16.6. The van der Waals surface area contributed by atoms with Crippen LogP contribution in [0.25, 0.3) is 0 Å². The SMILES string of the molecule is CN(C(=O)CN1CCN(c2ccc([N+](=O)[O-])cc2)CC1)[C@@H]1CCCc2ccccc21. The number of anilines is 1. The summed E-state index contributed by atoms with van der Waals surface area (Å²) in [6.07, 6.45) is 3.24. The van der Waals surface area contributed by atoms with Crippen LogP contribution >= 0.6 is 0 Å². The van der Waals surface area contributed by atoms with Crippen LogP contribution in [0.15, 0.2) is 48.5 Å². The van der Waals surface area contributed by atoms with E-state index in [4.69, 9.17) is 0 Å². The number of benzene rings is 2. The first-order chi connectivity index (χ1) is 14.5. The van der Waals surface area contributed by atoms with Crippen LogP contribution in [-0.2, 0) is 11.2 Å². The molecule has 0 N–H and O–H groups in total. The number of carbonyl (C=O) groups is 1. The van der Waals surface area contributed by atoms with Gasteiger partial charge in [-0.2, -0.15) is 0 Å². The van der Waals surface area contributed by atoms with E-state index in [9.17, 15) is 14.9 Å². The fourth-order valence-corrected chi connectivity index (χ4v) is 4.56. The largest absolute Gasteiger partial charge is 0.369 e. The average Bonchev–Trinajstić information content (AvgIpc) is 2.78. The lowest BCUT2D eigenvalue weighted by molar-refractivity contribution is -0.384. The summed E-state index contributed by atoms with van der Waals surface area (Å²) in [6, 6.07) is 15.3. The van der Waals surface area contributed by atoms with E-state index in [0.29, 0.717) is 6.54 Å². The molecule has 0 spiro atoms. The molecule has 158 valence electrons. The number of piperazine rings is 1. The number of amides is 1. The van der Waals surface area contributed by atoms with Crippen molar-refractivity contribution in [3.05, 3.63) is 69.8 Å². The van der Waals surface area contributed by atoms with Crippen LogP contribution in [-0.4, -0.2) is 60.4 Å². The van der Waals surface area contributed by atoms with Crippen LogP contribution < -0.4 is 4.90 Å². The maximum absolute atomic E-state index is 13.0. The Balaban J connectivity index is 1.32. The molecule has 1 amide bonds. The van der Waals surface area contributed by atoms with Crippen LogP contribution in [0.5, 0.6) is 0 Å². The van der Waals surface area contributed by atoms with Gasteiger partial charge in [0, 0.05) is 51.0 Å². The molecular formula is C23H28N4O3. The lowest BCUT2D eigenvalue weighted by Crippen LogP contribution is -2.50. The number of nitro groups is 1. The van der Waals surface area contributed by atoms with Crippen molar-refractivity contribution in [1.29, 1.82) is 0 Å². The van der Waals surface area contributed by atoms with Gasteiger partial charge in [0.25, 0.3) is 5.69 Å². The van der Waals surface area contributed by atoms with Crippen LogP contribution in [0.3, 0.4) is 0 Å². The predicted octanol–water partition coefficient (Wildman–Crippen LogP) is 3.25. The number of nitrogens with zero attached hydrogens (tertiary/aromatic N) is 4. The monoisotopic (exact) mass is 408 g/mol. The molecule has 0 radical (unpaired) electrons. The molecule has 0 aromatic heterocycles. The van der Waals surface area contributed by atoms with Crippen LogP contribution in [0.2, 0.25) is 0 Å². The molecule has 7 nitrogen and oxygen atoms in total. The molecular weight excluding hydrogens is 380 g/mol. The maximum Gasteiger partial charge on any atom is 0.269 e. The summed E-state index contributed by atoms with van der Waals surface area (Å²) in [6.45, 7) is 3.65. The Morgan fingerprint density at radius 2 is 1.80 bits per heavy atom. The standard InChI is InChI=1S/C23H28N4O3/c1-24(22-8-4-6-18-5-2-3-7-21(18)22)23(28)17-25-13-15-26(16-14-25)19-9-11-20(12-10-19)27(29)30/h2-3,5,7,9-12,22H,4,6,8,13-17H2,1H3/t22-/m1/s1. The quantitative estimate of drug-likeness (QED) is 0.561. The molecule has 2 aromatic carbocycles. The van der Waals surface area contributed by atoms with Gasteiger partial charge in [0.15, 0.2) is 0 Å². The van der Waals surface area contributed by atoms with E-state index in [1.807, 2.05) is 11.9 Å². The molecule has 0 unspecified atom stereocenters. The molecule has 30 heavy (non-hydrogen) atoms. The molecule has 0 saturated carbocycles. The first-order valence-electron chi connectivity index (χ1n) is 10.6. The van der Waals surface area contributed by atoms with E-state index in [-0.39, 0.29) is 22.6 Å². The summed E-state index contributed by atoms with van der Waals surface area (Å²) >= 11 is 0. The molecule has 1 aliphatic heterocycles. The van der Waals surface area contributed by atoms with Crippen molar-refractivity contribution >= 4 is 17.3 Å². The Labute approximate surface area is 177 Å².